The molecule has 3 fully saturated rings. The predicted molar refractivity (Wildman–Crippen MR) is 98.0 cm³/mol. The average molecular weight is 371 g/mol. The van der Waals surface area contributed by atoms with Crippen LogP contribution < -0.4 is 10.1 Å². The van der Waals surface area contributed by atoms with Gasteiger partial charge in [-0.15, -0.1) is 0 Å². The van der Waals surface area contributed by atoms with Crippen LogP contribution in [0.5, 0.6) is 5.75 Å². The summed E-state index contributed by atoms with van der Waals surface area (Å²) in [4.78, 5) is 40.2. The van der Waals surface area contributed by atoms with Crippen molar-refractivity contribution in [2.24, 2.45) is 0 Å². The lowest BCUT2D eigenvalue weighted by atomic mass is 9.96. The first kappa shape index (κ1) is 17.8. The second-order valence-electron chi connectivity index (χ2n) is 7.58. The molecule has 2 atom stereocenters. The molecule has 0 spiro atoms. The van der Waals surface area contributed by atoms with Crippen molar-refractivity contribution in [3.63, 3.8) is 0 Å². The highest BCUT2D eigenvalue weighted by atomic mass is 16.5. The zero-order valence-corrected chi connectivity index (χ0v) is 15.5. The second-order valence-corrected chi connectivity index (χ2v) is 7.58. The number of carbonyl (C=O) groups is 3. The maximum absolute atomic E-state index is 12.8. The Labute approximate surface area is 158 Å². The van der Waals surface area contributed by atoms with Crippen LogP contribution >= 0.6 is 0 Å². The number of methoxy groups -OCH3 is 1. The van der Waals surface area contributed by atoms with Crippen LogP contribution in [0.2, 0.25) is 0 Å². The van der Waals surface area contributed by atoms with Crippen molar-refractivity contribution in [3.05, 3.63) is 29.8 Å². The van der Waals surface area contributed by atoms with Gasteiger partial charge in [0.25, 0.3) is 0 Å². The third-order valence-electron chi connectivity index (χ3n) is 6.00. The molecule has 2 unspecified atom stereocenters. The molecule has 3 aliphatic heterocycles. The Hall–Kier alpha value is -2.57. The highest BCUT2D eigenvalue weighted by Crippen LogP contribution is 2.38. The van der Waals surface area contributed by atoms with Crippen molar-refractivity contribution >= 4 is 17.8 Å². The second kappa shape index (κ2) is 7.21. The minimum Gasteiger partial charge on any atom is -0.497 e. The minimum atomic E-state index is -0.0594. The van der Waals surface area contributed by atoms with Gasteiger partial charge >= 0.3 is 6.03 Å². The summed E-state index contributed by atoms with van der Waals surface area (Å²) in [6.07, 6.45) is 3.93. The molecule has 7 nitrogen and oxygen atoms in total. The van der Waals surface area contributed by atoms with E-state index in [1.807, 2.05) is 29.2 Å². The zero-order chi connectivity index (χ0) is 19.0. The Morgan fingerprint density at radius 2 is 1.63 bits per heavy atom. The Balaban J connectivity index is 1.36. The van der Waals surface area contributed by atoms with E-state index in [-0.39, 0.29) is 36.0 Å². The Morgan fingerprint density at radius 3 is 2.19 bits per heavy atom. The minimum absolute atomic E-state index is 0.0457. The summed E-state index contributed by atoms with van der Waals surface area (Å²) in [7, 11) is 1.62. The van der Waals surface area contributed by atoms with Gasteiger partial charge in [0.05, 0.1) is 7.11 Å². The SMILES string of the molecule is COc1ccc(CNC(=O)N2C3CCC2CC(N2C(=O)CCC2=O)C3)cc1. The lowest BCUT2D eigenvalue weighted by Crippen LogP contribution is -2.55. The molecule has 4 amide bonds. The highest BCUT2D eigenvalue weighted by molar-refractivity contribution is 6.02. The number of rotatable bonds is 4. The number of amides is 4. The van der Waals surface area contributed by atoms with Crippen LogP contribution in [0.25, 0.3) is 0 Å². The van der Waals surface area contributed by atoms with E-state index in [1.54, 1.807) is 7.11 Å². The number of fused-ring (bicyclic) bond motifs is 2. The molecule has 0 aliphatic carbocycles. The number of piperidine rings is 1. The van der Waals surface area contributed by atoms with Crippen molar-refractivity contribution in [2.75, 3.05) is 7.11 Å². The predicted octanol–water partition coefficient (Wildman–Crippen LogP) is 2.05. The molecule has 0 radical (unpaired) electrons. The number of urea groups is 1. The van der Waals surface area contributed by atoms with Crippen LogP contribution in [0, 0.1) is 0 Å². The topological polar surface area (TPSA) is 79.0 Å². The summed E-state index contributed by atoms with van der Waals surface area (Å²) in [5.74, 6) is 0.680. The van der Waals surface area contributed by atoms with Crippen LogP contribution in [0.4, 0.5) is 4.79 Å². The van der Waals surface area contributed by atoms with Gasteiger partial charge in [0, 0.05) is 37.5 Å². The molecule has 3 heterocycles. The number of nitrogens with one attached hydrogen (secondary N) is 1. The first-order valence-corrected chi connectivity index (χ1v) is 9.61. The number of ether oxygens (including phenoxy) is 1. The first-order chi connectivity index (χ1) is 13.1. The molecule has 3 saturated heterocycles. The fourth-order valence-electron chi connectivity index (χ4n) is 4.70. The van der Waals surface area contributed by atoms with Crippen LogP contribution in [0.1, 0.15) is 44.1 Å². The molecule has 0 saturated carbocycles. The van der Waals surface area contributed by atoms with Gasteiger partial charge in [0.2, 0.25) is 11.8 Å². The number of hydrogen-bond donors (Lipinski definition) is 1. The fourth-order valence-corrected chi connectivity index (χ4v) is 4.70. The largest absolute Gasteiger partial charge is 0.497 e. The molecule has 3 aliphatic rings. The van der Waals surface area contributed by atoms with E-state index < -0.39 is 0 Å². The molecular formula is C20H25N3O4. The van der Waals surface area contributed by atoms with E-state index in [4.69, 9.17) is 4.74 Å². The summed E-state index contributed by atoms with van der Waals surface area (Å²) in [5, 5.41) is 3.01. The molecular weight excluding hydrogens is 346 g/mol. The quantitative estimate of drug-likeness (QED) is 0.822. The smallest absolute Gasteiger partial charge is 0.318 e. The summed E-state index contributed by atoms with van der Waals surface area (Å²) in [6, 6.07) is 7.72. The van der Waals surface area contributed by atoms with Crippen molar-refractivity contribution < 1.29 is 19.1 Å². The normalized spacial score (nSPS) is 27.2. The summed E-state index contributed by atoms with van der Waals surface area (Å²) < 4.78 is 5.15. The van der Waals surface area contributed by atoms with E-state index >= 15 is 0 Å². The molecule has 1 aromatic rings. The Bertz CT molecular complexity index is 718. The number of imide groups is 1. The molecule has 4 rings (SSSR count). The molecule has 7 heteroatoms. The van der Waals surface area contributed by atoms with Gasteiger partial charge in [-0.3, -0.25) is 14.5 Å². The maximum atomic E-state index is 12.8. The van der Waals surface area contributed by atoms with Gasteiger partial charge < -0.3 is 15.0 Å². The fraction of sp³-hybridized carbons (Fsp3) is 0.550. The summed E-state index contributed by atoms with van der Waals surface area (Å²) in [5.41, 5.74) is 1.01. The third-order valence-corrected chi connectivity index (χ3v) is 6.00. The first-order valence-electron chi connectivity index (χ1n) is 9.61. The molecule has 144 valence electrons. The maximum Gasteiger partial charge on any atom is 0.318 e. The van der Waals surface area contributed by atoms with Crippen molar-refractivity contribution in [2.45, 2.75) is 63.2 Å². The number of nitrogens with zero attached hydrogens (tertiary/aromatic N) is 2. The zero-order valence-electron chi connectivity index (χ0n) is 15.5. The summed E-state index contributed by atoms with van der Waals surface area (Å²) >= 11 is 0. The molecule has 1 aromatic carbocycles. The number of carbonyl (C=O) groups excluding carboxylic acids is 3. The van der Waals surface area contributed by atoms with Crippen molar-refractivity contribution in [1.29, 1.82) is 0 Å². The lowest BCUT2D eigenvalue weighted by Gasteiger charge is -2.41. The van der Waals surface area contributed by atoms with Gasteiger partial charge in [-0.1, -0.05) is 12.1 Å². The lowest BCUT2D eigenvalue weighted by molar-refractivity contribution is -0.142. The Morgan fingerprint density at radius 1 is 1.04 bits per heavy atom. The van der Waals surface area contributed by atoms with Crippen molar-refractivity contribution in [1.82, 2.24) is 15.1 Å². The van der Waals surface area contributed by atoms with Gasteiger partial charge in [0.1, 0.15) is 5.75 Å². The van der Waals surface area contributed by atoms with E-state index in [0.717, 1.165) is 24.2 Å². The highest BCUT2D eigenvalue weighted by Gasteiger charge is 2.47. The molecule has 27 heavy (non-hydrogen) atoms. The van der Waals surface area contributed by atoms with E-state index in [9.17, 15) is 14.4 Å². The third kappa shape index (κ3) is 3.38. The van der Waals surface area contributed by atoms with Gasteiger partial charge in [0.15, 0.2) is 0 Å². The average Bonchev–Trinajstić information content (AvgIpc) is 3.15. The van der Waals surface area contributed by atoms with Crippen molar-refractivity contribution in [3.8, 4) is 5.75 Å². The molecule has 2 bridgehead atoms. The van der Waals surface area contributed by atoms with Gasteiger partial charge in [-0.05, 0) is 43.4 Å². The van der Waals surface area contributed by atoms with E-state index in [2.05, 4.69) is 5.32 Å². The number of benzene rings is 1. The van der Waals surface area contributed by atoms with E-state index in [0.29, 0.717) is 32.2 Å². The van der Waals surface area contributed by atoms with Crippen LogP contribution in [-0.2, 0) is 16.1 Å². The molecule has 0 aromatic heterocycles. The van der Waals surface area contributed by atoms with Crippen LogP contribution in [0.15, 0.2) is 24.3 Å². The van der Waals surface area contributed by atoms with Crippen LogP contribution in [-0.4, -0.2) is 52.9 Å². The molecule has 1 N–H and O–H groups in total. The summed E-state index contributed by atoms with van der Waals surface area (Å²) in [6.45, 7) is 0.464. The Kier molecular flexibility index (Phi) is 4.76. The van der Waals surface area contributed by atoms with Gasteiger partial charge in [-0.25, -0.2) is 4.79 Å². The standard InChI is InChI=1S/C20H25N3O4/c1-27-17-6-2-13(3-7-17)12-21-20(26)22-14-4-5-15(22)11-16(10-14)23-18(24)8-9-19(23)25/h2-3,6-7,14-16H,4-5,8-12H2,1H3,(H,21,26). The number of likely N-dealkylation sites (tertiary alicyclic amines) is 1. The number of hydrogen-bond acceptors (Lipinski definition) is 4. The van der Waals surface area contributed by atoms with E-state index in [1.165, 1.54) is 4.90 Å². The van der Waals surface area contributed by atoms with Crippen LogP contribution in [0.3, 0.4) is 0 Å². The van der Waals surface area contributed by atoms with Gasteiger partial charge in [-0.2, -0.15) is 0 Å². The monoisotopic (exact) mass is 371 g/mol.